The van der Waals surface area contributed by atoms with Gasteiger partial charge in [-0.15, -0.1) is 0 Å². The molecule has 0 unspecified atom stereocenters. The second-order valence-electron chi connectivity index (χ2n) is 4.17. The minimum absolute atomic E-state index is 0.126. The summed E-state index contributed by atoms with van der Waals surface area (Å²) in [4.78, 5) is 5.89. The van der Waals surface area contributed by atoms with E-state index < -0.39 is 11.7 Å². The average Bonchev–Trinajstić information content (AvgIpc) is 2.89. The molecule has 3 rings (SSSR count). The first-order chi connectivity index (χ1) is 8.04. The molecular formula is C11H10F3N3. The van der Waals surface area contributed by atoms with Crippen molar-refractivity contribution >= 4 is 5.82 Å². The molecule has 0 aromatic carbocycles. The molecule has 0 amide bonds. The van der Waals surface area contributed by atoms with E-state index in [1.807, 2.05) is 11.0 Å². The van der Waals surface area contributed by atoms with Crippen LogP contribution in [0.2, 0.25) is 0 Å². The maximum Gasteiger partial charge on any atom is 0.416 e. The lowest BCUT2D eigenvalue weighted by atomic mass is 10.2. The SMILES string of the molecule is FC(F)(F)c1ccnc(N2CC3=C[C@H]2CN3)c1. The molecule has 0 aliphatic carbocycles. The summed E-state index contributed by atoms with van der Waals surface area (Å²) in [6.07, 6.45) is -1.07. The van der Waals surface area contributed by atoms with Gasteiger partial charge < -0.3 is 10.2 Å². The second kappa shape index (κ2) is 3.38. The van der Waals surface area contributed by atoms with E-state index in [1.54, 1.807) is 0 Å². The third kappa shape index (κ3) is 1.73. The van der Waals surface area contributed by atoms with Crippen LogP contribution in [0, 0.1) is 0 Å². The first kappa shape index (κ1) is 10.4. The molecule has 0 fully saturated rings. The largest absolute Gasteiger partial charge is 0.416 e. The first-order valence-corrected chi connectivity index (χ1v) is 5.28. The fourth-order valence-corrected chi connectivity index (χ4v) is 2.20. The number of rotatable bonds is 1. The number of pyridine rings is 1. The molecular weight excluding hydrogens is 231 g/mol. The number of aromatic nitrogens is 1. The summed E-state index contributed by atoms with van der Waals surface area (Å²) in [5.74, 6) is 0.387. The van der Waals surface area contributed by atoms with E-state index in [0.717, 1.165) is 24.4 Å². The molecule has 2 bridgehead atoms. The van der Waals surface area contributed by atoms with Gasteiger partial charge in [0.05, 0.1) is 18.2 Å². The number of hydrogen-bond donors (Lipinski definition) is 1. The highest BCUT2D eigenvalue weighted by Gasteiger charge is 2.34. The van der Waals surface area contributed by atoms with Crippen LogP contribution in [0.1, 0.15) is 5.56 Å². The number of alkyl halides is 3. The number of nitrogens with zero attached hydrogens (tertiary/aromatic N) is 2. The van der Waals surface area contributed by atoms with Crippen molar-refractivity contribution in [3.8, 4) is 0 Å². The van der Waals surface area contributed by atoms with Crippen LogP contribution >= 0.6 is 0 Å². The predicted octanol–water partition coefficient (Wildman–Crippen LogP) is 1.78. The van der Waals surface area contributed by atoms with Crippen LogP contribution < -0.4 is 10.2 Å². The van der Waals surface area contributed by atoms with Crippen molar-refractivity contribution in [2.75, 3.05) is 18.0 Å². The van der Waals surface area contributed by atoms with Gasteiger partial charge in [-0.1, -0.05) is 0 Å². The fourth-order valence-electron chi connectivity index (χ4n) is 2.20. The maximum absolute atomic E-state index is 12.6. The zero-order valence-electron chi connectivity index (χ0n) is 8.83. The Morgan fingerprint density at radius 3 is 2.82 bits per heavy atom. The van der Waals surface area contributed by atoms with E-state index in [-0.39, 0.29) is 6.04 Å². The molecule has 90 valence electrons. The van der Waals surface area contributed by atoms with Crippen molar-refractivity contribution in [2.24, 2.45) is 0 Å². The van der Waals surface area contributed by atoms with Crippen LogP contribution in [0.25, 0.3) is 0 Å². The molecule has 0 spiro atoms. The Morgan fingerprint density at radius 2 is 2.24 bits per heavy atom. The van der Waals surface area contributed by atoms with E-state index in [0.29, 0.717) is 12.4 Å². The van der Waals surface area contributed by atoms with Crippen molar-refractivity contribution in [1.29, 1.82) is 0 Å². The number of hydrogen-bond acceptors (Lipinski definition) is 3. The Morgan fingerprint density at radius 1 is 1.41 bits per heavy atom. The number of halogens is 3. The Balaban J connectivity index is 1.90. The standard InChI is InChI=1S/C11H10F3N3/c12-11(13,14)7-1-2-15-10(3-7)17-6-8-4-9(17)5-16-8/h1-4,9,16H,5-6H2/t9-/m0/s1. The smallest absolute Gasteiger partial charge is 0.385 e. The summed E-state index contributed by atoms with van der Waals surface area (Å²) < 4.78 is 37.7. The predicted molar refractivity (Wildman–Crippen MR) is 56.5 cm³/mol. The number of anilines is 1. The fraction of sp³-hybridized carbons (Fsp3) is 0.364. The molecule has 1 N–H and O–H groups in total. The molecule has 0 saturated carbocycles. The zero-order chi connectivity index (χ0) is 12.0. The van der Waals surface area contributed by atoms with E-state index in [2.05, 4.69) is 10.3 Å². The minimum Gasteiger partial charge on any atom is -0.385 e. The van der Waals surface area contributed by atoms with Gasteiger partial charge in [-0.25, -0.2) is 4.98 Å². The summed E-state index contributed by atoms with van der Waals surface area (Å²) in [6, 6.07) is 2.23. The van der Waals surface area contributed by atoms with Crippen LogP contribution in [0.3, 0.4) is 0 Å². The van der Waals surface area contributed by atoms with Crippen molar-refractivity contribution in [1.82, 2.24) is 10.3 Å². The molecule has 1 aromatic heterocycles. The quantitative estimate of drug-likeness (QED) is 0.812. The van der Waals surface area contributed by atoms with Gasteiger partial charge in [-0.05, 0) is 18.2 Å². The number of nitrogens with one attached hydrogen (secondary N) is 1. The lowest BCUT2D eigenvalue weighted by Gasteiger charge is -2.29. The van der Waals surface area contributed by atoms with Crippen LogP contribution in [-0.4, -0.2) is 24.1 Å². The Hall–Kier alpha value is -1.72. The molecule has 3 heterocycles. The molecule has 17 heavy (non-hydrogen) atoms. The van der Waals surface area contributed by atoms with Crippen LogP contribution in [0.5, 0.6) is 0 Å². The number of fused-ring (bicyclic) bond motifs is 1. The molecule has 0 radical (unpaired) electrons. The summed E-state index contributed by atoms with van der Waals surface area (Å²) in [6.45, 7) is 1.35. The normalized spacial score (nSPS) is 22.6. The van der Waals surface area contributed by atoms with Gasteiger partial charge in [-0.3, -0.25) is 0 Å². The molecule has 1 aromatic rings. The summed E-state index contributed by atoms with van der Waals surface area (Å²) in [5.41, 5.74) is 0.414. The lowest BCUT2D eigenvalue weighted by Crippen LogP contribution is -2.42. The Labute approximate surface area is 95.9 Å². The number of piperazine rings is 1. The van der Waals surface area contributed by atoms with Gasteiger partial charge in [0.2, 0.25) is 0 Å². The van der Waals surface area contributed by atoms with Gasteiger partial charge in [-0.2, -0.15) is 13.2 Å². The highest BCUT2D eigenvalue weighted by Crippen LogP contribution is 2.32. The van der Waals surface area contributed by atoms with Gasteiger partial charge >= 0.3 is 6.18 Å². The van der Waals surface area contributed by atoms with E-state index >= 15 is 0 Å². The van der Waals surface area contributed by atoms with Crippen LogP contribution in [-0.2, 0) is 6.18 Å². The lowest BCUT2D eigenvalue weighted by molar-refractivity contribution is -0.137. The molecule has 6 heteroatoms. The Bertz CT molecular complexity index is 481. The topological polar surface area (TPSA) is 28.2 Å². The molecule has 0 saturated heterocycles. The van der Waals surface area contributed by atoms with Gasteiger partial charge in [0, 0.05) is 18.4 Å². The summed E-state index contributed by atoms with van der Waals surface area (Å²) in [5, 5.41) is 3.17. The monoisotopic (exact) mass is 241 g/mol. The van der Waals surface area contributed by atoms with E-state index in [1.165, 1.54) is 6.20 Å². The first-order valence-electron chi connectivity index (χ1n) is 5.28. The van der Waals surface area contributed by atoms with Gasteiger partial charge in [0.15, 0.2) is 0 Å². The highest BCUT2D eigenvalue weighted by atomic mass is 19.4. The van der Waals surface area contributed by atoms with Crippen LogP contribution in [0.4, 0.5) is 19.0 Å². The van der Waals surface area contributed by atoms with Crippen molar-refractivity contribution in [3.05, 3.63) is 35.7 Å². The van der Waals surface area contributed by atoms with Gasteiger partial charge in [0.1, 0.15) is 5.82 Å². The molecule has 3 nitrogen and oxygen atoms in total. The molecule has 1 atom stereocenters. The summed E-state index contributed by atoms with van der Waals surface area (Å²) in [7, 11) is 0. The van der Waals surface area contributed by atoms with E-state index in [4.69, 9.17) is 0 Å². The average molecular weight is 241 g/mol. The van der Waals surface area contributed by atoms with Crippen LogP contribution in [0.15, 0.2) is 30.1 Å². The highest BCUT2D eigenvalue weighted by molar-refractivity contribution is 5.50. The van der Waals surface area contributed by atoms with Crippen molar-refractivity contribution in [3.63, 3.8) is 0 Å². The van der Waals surface area contributed by atoms with Crippen molar-refractivity contribution < 1.29 is 13.2 Å². The third-order valence-corrected chi connectivity index (χ3v) is 3.04. The van der Waals surface area contributed by atoms with E-state index in [9.17, 15) is 13.2 Å². The zero-order valence-corrected chi connectivity index (χ0v) is 8.83. The maximum atomic E-state index is 12.6. The Kier molecular flexibility index (Phi) is 2.08. The van der Waals surface area contributed by atoms with Gasteiger partial charge in [0.25, 0.3) is 0 Å². The second-order valence-corrected chi connectivity index (χ2v) is 4.17. The molecule has 2 aliphatic rings. The summed E-state index contributed by atoms with van der Waals surface area (Å²) >= 11 is 0. The minimum atomic E-state index is -4.31. The third-order valence-electron chi connectivity index (χ3n) is 3.04. The van der Waals surface area contributed by atoms with Crippen molar-refractivity contribution in [2.45, 2.75) is 12.2 Å². The molecule has 2 aliphatic heterocycles.